The molecule has 0 fully saturated rings. The predicted molar refractivity (Wildman–Crippen MR) is 169 cm³/mol. The Morgan fingerprint density at radius 2 is 1.86 bits per heavy atom. The first-order valence-electron chi connectivity index (χ1n) is 14.1. The van der Waals surface area contributed by atoms with Crippen molar-refractivity contribution in [1.29, 1.82) is 0 Å². The van der Waals surface area contributed by atoms with Crippen LogP contribution in [0.3, 0.4) is 0 Å². The van der Waals surface area contributed by atoms with Crippen LogP contribution in [0.25, 0.3) is 22.3 Å². The molecule has 1 heterocycles. The lowest BCUT2D eigenvalue weighted by Crippen LogP contribution is -2.27. The second-order valence-electron chi connectivity index (χ2n) is 10.2. The number of aromatic nitrogens is 2. The molecule has 1 atom stereocenters. The summed E-state index contributed by atoms with van der Waals surface area (Å²) in [4.78, 5) is 42.2. The summed E-state index contributed by atoms with van der Waals surface area (Å²) >= 11 is 6.24. The fourth-order valence-electron chi connectivity index (χ4n) is 4.64. The smallest absolute Gasteiger partial charge is 0.347 e. The molecule has 0 saturated heterocycles. The minimum atomic E-state index is -1.18. The van der Waals surface area contributed by atoms with Crippen LogP contribution in [0.1, 0.15) is 57.2 Å². The second-order valence-corrected chi connectivity index (χ2v) is 10.7. The maximum absolute atomic E-state index is 13.9. The van der Waals surface area contributed by atoms with Crippen LogP contribution in [-0.4, -0.2) is 46.1 Å². The molecule has 230 valence electrons. The minimum absolute atomic E-state index is 0.0300. The van der Waals surface area contributed by atoms with Crippen LogP contribution in [0.15, 0.2) is 58.4 Å². The van der Waals surface area contributed by atoms with Crippen LogP contribution in [0.4, 0.5) is 5.69 Å². The monoisotopic (exact) mass is 620 g/mol. The number of carbonyl (C=O) groups is 1. The number of nitrogens with zero attached hydrogens (tertiary/aromatic N) is 4. The Morgan fingerprint density at radius 3 is 2.52 bits per heavy atom. The molecule has 0 amide bonds. The first-order chi connectivity index (χ1) is 21.0. The molecule has 0 N–H and O–H groups in total. The Kier molecular flexibility index (Phi) is 10.00. The largest absolute Gasteiger partial charge is 0.494 e. The number of aryl methyl sites for hydroxylation is 1. The first-order valence-corrected chi connectivity index (χ1v) is 14.5. The van der Waals surface area contributed by atoms with Gasteiger partial charge in [0.15, 0.2) is 11.9 Å². The van der Waals surface area contributed by atoms with Crippen molar-refractivity contribution in [3.63, 3.8) is 0 Å². The highest BCUT2D eigenvalue weighted by Crippen LogP contribution is 2.36. The van der Waals surface area contributed by atoms with Gasteiger partial charge in [0.05, 0.1) is 35.3 Å². The average Bonchev–Trinajstić information content (AvgIpc) is 2.97. The number of nitro benzene ring substituents is 1. The molecule has 0 bridgehead atoms. The normalized spacial score (nSPS) is 12.1. The zero-order chi connectivity index (χ0) is 32.1. The molecule has 0 aliphatic heterocycles. The molecule has 1 aromatic heterocycles. The van der Waals surface area contributed by atoms with Crippen LogP contribution in [0, 0.1) is 17.0 Å². The molecule has 0 unspecified atom stereocenters. The van der Waals surface area contributed by atoms with E-state index in [2.05, 4.69) is 5.10 Å². The predicted octanol–water partition coefficient (Wildman–Crippen LogP) is 6.67. The summed E-state index contributed by atoms with van der Waals surface area (Å²) in [6, 6.07) is 13.2. The van der Waals surface area contributed by atoms with Crippen molar-refractivity contribution >= 4 is 40.4 Å². The van der Waals surface area contributed by atoms with Crippen LogP contribution in [-0.2, 0) is 9.53 Å². The van der Waals surface area contributed by atoms with Gasteiger partial charge in [-0.15, -0.1) is 0 Å². The van der Waals surface area contributed by atoms with E-state index in [9.17, 15) is 19.7 Å². The molecule has 11 nitrogen and oxygen atoms in total. The van der Waals surface area contributed by atoms with Gasteiger partial charge in [-0.25, -0.2) is 9.78 Å². The molecule has 44 heavy (non-hydrogen) atoms. The van der Waals surface area contributed by atoms with Crippen molar-refractivity contribution < 1.29 is 23.9 Å². The van der Waals surface area contributed by atoms with E-state index in [-0.39, 0.29) is 34.7 Å². The molecule has 12 heteroatoms. The molecule has 0 aliphatic carbocycles. The lowest BCUT2D eigenvalue weighted by atomic mass is 9.96. The lowest BCUT2D eigenvalue weighted by Gasteiger charge is -2.18. The number of benzene rings is 3. The summed E-state index contributed by atoms with van der Waals surface area (Å²) in [5.74, 6) is 0.139. The van der Waals surface area contributed by atoms with Gasteiger partial charge < -0.3 is 14.2 Å². The van der Waals surface area contributed by atoms with Crippen LogP contribution in [0.5, 0.6) is 11.5 Å². The molecule has 0 saturated carbocycles. The number of carbonyl (C=O) groups excluding carboxylic acids is 1. The van der Waals surface area contributed by atoms with Crippen molar-refractivity contribution in [2.24, 2.45) is 5.10 Å². The second kappa shape index (κ2) is 13.7. The third kappa shape index (κ3) is 6.73. The SMILES string of the molecule is CCOC(=O)[C@@H](C)Oc1c(C=Nn2c(-c3cc(C(C)C)c(OCC)cc3C)nc3ccccc3c2=O)cc(Cl)cc1[N+](=O)[O-]. The van der Waals surface area contributed by atoms with E-state index in [0.29, 0.717) is 23.1 Å². The van der Waals surface area contributed by atoms with Crippen LogP contribution in [0.2, 0.25) is 5.02 Å². The first kappa shape index (κ1) is 32.2. The maximum atomic E-state index is 13.9. The lowest BCUT2D eigenvalue weighted by molar-refractivity contribution is -0.386. The van der Waals surface area contributed by atoms with Gasteiger partial charge in [-0.3, -0.25) is 14.9 Å². The Bertz CT molecular complexity index is 1820. The van der Waals surface area contributed by atoms with E-state index in [4.69, 9.17) is 30.8 Å². The quantitative estimate of drug-likeness (QED) is 0.0785. The number of fused-ring (bicyclic) bond motifs is 1. The van der Waals surface area contributed by atoms with Gasteiger partial charge in [0.1, 0.15) is 5.75 Å². The summed E-state index contributed by atoms with van der Waals surface area (Å²) < 4.78 is 17.7. The van der Waals surface area contributed by atoms with Gasteiger partial charge >= 0.3 is 11.7 Å². The number of hydrogen-bond acceptors (Lipinski definition) is 9. The van der Waals surface area contributed by atoms with Gasteiger partial charge in [0.2, 0.25) is 5.75 Å². The number of esters is 1. The highest BCUT2D eigenvalue weighted by atomic mass is 35.5. The molecule has 0 radical (unpaired) electrons. The Labute approximate surface area is 259 Å². The third-order valence-corrected chi connectivity index (χ3v) is 6.98. The van der Waals surface area contributed by atoms with Gasteiger partial charge in [0.25, 0.3) is 5.56 Å². The van der Waals surface area contributed by atoms with Crippen molar-refractivity contribution in [2.45, 2.75) is 53.6 Å². The maximum Gasteiger partial charge on any atom is 0.347 e. The van der Waals surface area contributed by atoms with E-state index in [1.54, 1.807) is 31.2 Å². The number of para-hydroxylation sites is 1. The zero-order valence-corrected chi connectivity index (χ0v) is 26.0. The fraction of sp³-hybridized carbons (Fsp3) is 0.312. The van der Waals surface area contributed by atoms with Gasteiger partial charge in [-0.1, -0.05) is 37.6 Å². The molecule has 0 spiro atoms. The van der Waals surface area contributed by atoms with E-state index >= 15 is 0 Å². The number of ether oxygens (including phenoxy) is 3. The molecule has 3 aromatic carbocycles. The standard InChI is InChI=1S/C32H33ClN4O7/c1-7-42-28-13-19(5)25(16-24(28)18(3)4)30-35-26-12-10-9-11-23(26)31(38)36(30)34-17-21-14-22(33)15-27(37(40)41)29(21)44-20(6)32(39)43-8-2/h9-18,20H,7-8H2,1-6H3/t20-/m1/s1. The van der Waals surface area contributed by atoms with Crippen molar-refractivity contribution in [3.05, 3.63) is 90.7 Å². The topological polar surface area (TPSA) is 135 Å². The summed E-state index contributed by atoms with van der Waals surface area (Å²) in [6.07, 6.45) is 0.0456. The molecule has 4 aromatic rings. The summed E-state index contributed by atoms with van der Waals surface area (Å²) in [5, 5.41) is 16.8. The van der Waals surface area contributed by atoms with Crippen LogP contribution < -0.4 is 15.0 Å². The van der Waals surface area contributed by atoms with Crippen molar-refractivity contribution in [3.8, 4) is 22.9 Å². The fourth-order valence-corrected chi connectivity index (χ4v) is 4.86. The number of nitro groups is 1. The zero-order valence-electron chi connectivity index (χ0n) is 25.3. The van der Waals surface area contributed by atoms with Crippen molar-refractivity contribution in [2.75, 3.05) is 13.2 Å². The number of rotatable bonds is 11. The molecular weight excluding hydrogens is 588 g/mol. The van der Waals surface area contributed by atoms with Gasteiger partial charge in [-0.2, -0.15) is 9.78 Å². The Balaban J connectivity index is 1.97. The highest BCUT2D eigenvalue weighted by molar-refractivity contribution is 6.31. The highest BCUT2D eigenvalue weighted by Gasteiger charge is 2.26. The van der Waals surface area contributed by atoms with Crippen molar-refractivity contribution in [1.82, 2.24) is 9.66 Å². The van der Waals surface area contributed by atoms with E-state index in [1.165, 1.54) is 19.2 Å². The number of halogens is 1. The van der Waals surface area contributed by atoms with E-state index in [0.717, 1.165) is 27.6 Å². The number of hydrogen-bond donors (Lipinski definition) is 0. The molecule has 4 rings (SSSR count). The summed E-state index contributed by atoms with van der Waals surface area (Å²) in [7, 11) is 0. The Hall–Kier alpha value is -4.77. The van der Waals surface area contributed by atoms with Gasteiger partial charge in [-0.05, 0) is 75.1 Å². The third-order valence-electron chi connectivity index (χ3n) is 6.76. The van der Waals surface area contributed by atoms with E-state index < -0.39 is 28.2 Å². The average molecular weight is 621 g/mol. The van der Waals surface area contributed by atoms with Gasteiger partial charge in [0, 0.05) is 22.2 Å². The molecule has 0 aliphatic rings. The molecular formula is C32H33ClN4O7. The Morgan fingerprint density at radius 1 is 1.14 bits per heavy atom. The minimum Gasteiger partial charge on any atom is -0.494 e. The summed E-state index contributed by atoms with van der Waals surface area (Å²) in [5.41, 5.74) is 1.99. The summed E-state index contributed by atoms with van der Waals surface area (Å²) in [6.45, 7) is 11.5. The van der Waals surface area contributed by atoms with E-state index in [1.807, 2.05) is 39.8 Å². The van der Waals surface area contributed by atoms with Crippen LogP contribution >= 0.6 is 11.6 Å².